The Morgan fingerprint density at radius 2 is 2.00 bits per heavy atom. The molecule has 1 unspecified atom stereocenters. The number of hydrogen-bond acceptors (Lipinski definition) is 7. The molecule has 2 rings (SSSR count). The number of carbonyl (C=O) groups excluding carboxylic acids is 1. The summed E-state index contributed by atoms with van der Waals surface area (Å²) in [5.41, 5.74) is 4.64. The summed E-state index contributed by atoms with van der Waals surface area (Å²) in [6.45, 7) is 7.27. The van der Waals surface area contributed by atoms with Gasteiger partial charge in [0.1, 0.15) is 24.5 Å². The molecule has 10 nitrogen and oxygen atoms in total. The summed E-state index contributed by atoms with van der Waals surface area (Å²) < 4.78 is 44.4. The molecule has 1 fully saturated rings. The Labute approximate surface area is 198 Å². The quantitative estimate of drug-likeness (QED) is 0.269. The first-order valence-corrected chi connectivity index (χ1v) is 10.5. The molecule has 0 bridgehead atoms. The van der Waals surface area contributed by atoms with Gasteiger partial charge >= 0.3 is 23.8 Å². The number of rotatable bonds is 6. The second-order valence-electron chi connectivity index (χ2n) is 7.16. The lowest BCUT2D eigenvalue weighted by Crippen LogP contribution is -2.42. The van der Waals surface area contributed by atoms with E-state index in [1.54, 1.807) is 0 Å². The van der Waals surface area contributed by atoms with E-state index in [1.807, 2.05) is 13.8 Å². The van der Waals surface area contributed by atoms with Crippen LogP contribution in [0.3, 0.4) is 0 Å². The molecule has 33 heavy (non-hydrogen) atoms. The lowest BCUT2D eigenvalue weighted by molar-refractivity contribution is -0.192. The van der Waals surface area contributed by atoms with E-state index >= 15 is 0 Å². The third kappa shape index (κ3) is 7.98. The maximum Gasteiger partial charge on any atom is 0.490 e. The molecule has 1 aliphatic rings. The van der Waals surface area contributed by atoms with Crippen LogP contribution < -0.4 is 17.0 Å². The minimum atomic E-state index is -5.08. The normalized spacial score (nSPS) is 22.2. The molecule has 1 saturated heterocycles. The van der Waals surface area contributed by atoms with E-state index in [1.165, 1.54) is 16.8 Å². The van der Waals surface area contributed by atoms with Crippen molar-refractivity contribution in [2.75, 3.05) is 0 Å². The smallest absolute Gasteiger partial charge is 0.475 e. The highest BCUT2D eigenvalue weighted by Gasteiger charge is 2.41. The predicted octanol–water partition coefficient (Wildman–Crippen LogP) is 1.91. The molecule has 0 saturated carbocycles. The average Bonchev–Trinajstić information content (AvgIpc) is 3.08. The minimum absolute atomic E-state index is 0.0888. The van der Waals surface area contributed by atoms with Crippen molar-refractivity contribution in [3.8, 4) is 0 Å². The summed E-state index contributed by atoms with van der Waals surface area (Å²) in [5, 5.41) is 6.59. The number of nitrogens with one attached hydrogen (secondary N) is 1. The molecule has 0 spiro atoms. The Morgan fingerprint density at radius 3 is 2.45 bits per heavy atom. The summed E-state index contributed by atoms with van der Waals surface area (Å²) in [6, 6.07) is -0.777. The number of ether oxygens (including phenoxy) is 2. The van der Waals surface area contributed by atoms with Gasteiger partial charge in [-0.2, -0.15) is 13.2 Å². The van der Waals surface area contributed by atoms with Crippen LogP contribution in [0, 0.1) is 5.92 Å². The zero-order chi connectivity index (χ0) is 25.7. The van der Waals surface area contributed by atoms with Crippen LogP contribution in [0.15, 0.2) is 32.9 Å². The molecule has 1 aliphatic heterocycles. The molecule has 1 aromatic heterocycles. The number of nitrogens with two attached hydrogens (primary N) is 1. The van der Waals surface area contributed by atoms with Gasteiger partial charge in [0, 0.05) is 12.6 Å². The Bertz CT molecular complexity index is 982. The van der Waals surface area contributed by atoms with Crippen molar-refractivity contribution >= 4 is 39.5 Å². The standard InChI is InChI=1S/C16H21BrClN3O5.C2HF3O2/c1-4-10(25-15(23)12(19)7(2)3)13-9(18)5-11(26-13)21-6-8(17)14(22)20-16(21)24;3-2(4,5)1(6)7/h4,6-7,9-13H,1,5,19H2,2-3H3,(H,20,22,24);(H,6,7)/t9-,10?,11+,12-,13-;/m0./s1. The number of alkyl halides is 4. The first-order chi connectivity index (χ1) is 15.1. The van der Waals surface area contributed by atoms with Crippen LogP contribution in [0.2, 0.25) is 0 Å². The Balaban J connectivity index is 0.000000675. The van der Waals surface area contributed by atoms with Gasteiger partial charge in [-0.15, -0.1) is 11.6 Å². The molecule has 2 heterocycles. The molecule has 0 radical (unpaired) electrons. The van der Waals surface area contributed by atoms with Gasteiger partial charge in [-0.1, -0.05) is 20.4 Å². The highest BCUT2D eigenvalue weighted by atomic mass is 79.9. The lowest BCUT2D eigenvalue weighted by atomic mass is 10.1. The molecular formula is C18H22BrClF3N3O7. The van der Waals surface area contributed by atoms with Crippen LogP contribution in [0.1, 0.15) is 26.5 Å². The van der Waals surface area contributed by atoms with Gasteiger partial charge in [0.05, 0.1) is 9.85 Å². The van der Waals surface area contributed by atoms with Gasteiger partial charge in [-0.3, -0.25) is 19.1 Å². The number of aliphatic carboxylic acids is 1. The molecule has 15 heteroatoms. The number of aromatic nitrogens is 2. The average molecular weight is 565 g/mol. The van der Waals surface area contributed by atoms with Crippen LogP contribution in [-0.4, -0.2) is 56.4 Å². The van der Waals surface area contributed by atoms with E-state index in [0.717, 1.165) is 0 Å². The number of carbonyl (C=O) groups is 2. The van der Waals surface area contributed by atoms with Gasteiger partial charge in [-0.05, 0) is 27.9 Å². The van der Waals surface area contributed by atoms with Gasteiger partial charge in [0.2, 0.25) is 0 Å². The monoisotopic (exact) mass is 563 g/mol. The van der Waals surface area contributed by atoms with Gasteiger partial charge in [0.25, 0.3) is 5.56 Å². The fraction of sp³-hybridized carbons (Fsp3) is 0.556. The highest BCUT2D eigenvalue weighted by Crippen LogP contribution is 2.34. The fourth-order valence-corrected chi connectivity index (χ4v) is 3.20. The van der Waals surface area contributed by atoms with Gasteiger partial charge in [0.15, 0.2) is 0 Å². The summed E-state index contributed by atoms with van der Waals surface area (Å²) in [5.74, 6) is -3.42. The zero-order valence-electron chi connectivity index (χ0n) is 17.3. The summed E-state index contributed by atoms with van der Waals surface area (Å²) in [6.07, 6.45) is -4.30. The number of H-pyrrole nitrogens is 1. The topological polar surface area (TPSA) is 154 Å². The van der Waals surface area contributed by atoms with Crippen LogP contribution >= 0.6 is 27.5 Å². The van der Waals surface area contributed by atoms with Crippen molar-refractivity contribution in [1.29, 1.82) is 0 Å². The lowest BCUT2D eigenvalue weighted by Gasteiger charge is -2.25. The molecular weight excluding hydrogens is 543 g/mol. The molecule has 1 aromatic rings. The number of hydrogen-bond donors (Lipinski definition) is 3. The molecule has 0 amide bonds. The number of carboxylic acid groups (broad SMARTS) is 1. The maximum absolute atomic E-state index is 12.1. The van der Waals surface area contributed by atoms with Crippen LogP contribution in [0.25, 0.3) is 0 Å². The minimum Gasteiger partial charge on any atom is -0.475 e. The maximum atomic E-state index is 12.1. The van der Waals surface area contributed by atoms with E-state index in [4.69, 9.17) is 36.7 Å². The van der Waals surface area contributed by atoms with Crippen LogP contribution in [0.4, 0.5) is 13.2 Å². The van der Waals surface area contributed by atoms with Crippen molar-refractivity contribution < 1.29 is 37.3 Å². The van der Waals surface area contributed by atoms with E-state index in [0.29, 0.717) is 0 Å². The number of halogens is 5. The SMILES string of the molecule is C=CC(OC(=O)[C@@H](N)C(C)C)[C@H]1O[C@@H](n2cc(Br)c(=O)[nH]c2=O)C[C@@H]1Cl.O=C(O)C(F)(F)F. The van der Waals surface area contributed by atoms with E-state index in [9.17, 15) is 27.6 Å². The van der Waals surface area contributed by atoms with Crippen LogP contribution in [0.5, 0.6) is 0 Å². The third-order valence-electron chi connectivity index (χ3n) is 4.37. The van der Waals surface area contributed by atoms with Crippen LogP contribution in [-0.2, 0) is 19.1 Å². The summed E-state index contributed by atoms with van der Waals surface area (Å²) >= 11 is 9.42. The zero-order valence-corrected chi connectivity index (χ0v) is 19.7. The fourth-order valence-electron chi connectivity index (χ4n) is 2.52. The van der Waals surface area contributed by atoms with Crippen molar-refractivity contribution in [3.05, 3.63) is 44.2 Å². The molecule has 0 aromatic carbocycles. The molecule has 186 valence electrons. The van der Waals surface area contributed by atoms with Crippen molar-refractivity contribution in [1.82, 2.24) is 9.55 Å². The highest BCUT2D eigenvalue weighted by molar-refractivity contribution is 9.10. The van der Waals surface area contributed by atoms with E-state index in [2.05, 4.69) is 27.5 Å². The summed E-state index contributed by atoms with van der Waals surface area (Å²) in [7, 11) is 0. The second-order valence-corrected chi connectivity index (χ2v) is 8.58. The molecule has 0 aliphatic carbocycles. The van der Waals surface area contributed by atoms with Crippen molar-refractivity contribution in [2.45, 2.75) is 56.3 Å². The number of aromatic amines is 1. The van der Waals surface area contributed by atoms with E-state index in [-0.39, 0.29) is 16.8 Å². The van der Waals surface area contributed by atoms with Gasteiger partial charge < -0.3 is 20.3 Å². The van der Waals surface area contributed by atoms with Crippen molar-refractivity contribution in [3.63, 3.8) is 0 Å². The van der Waals surface area contributed by atoms with Gasteiger partial charge in [-0.25, -0.2) is 9.59 Å². The number of esters is 1. The molecule has 5 atom stereocenters. The number of nitrogens with zero attached hydrogens (tertiary/aromatic N) is 1. The third-order valence-corrected chi connectivity index (χ3v) is 5.36. The van der Waals surface area contributed by atoms with Crippen molar-refractivity contribution in [2.24, 2.45) is 11.7 Å². The number of carboxylic acids is 1. The second kappa shape index (κ2) is 11.8. The Hall–Kier alpha value is -2.16. The Kier molecular flexibility index (Phi) is 10.3. The largest absolute Gasteiger partial charge is 0.490 e. The Morgan fingerprint density at radius 1 is 1.45 bits per heavy atom. The first kappa shape index (κ1) is 28.9. The van der Waals surface area contributed by atoms with E-state index < -0.39 is 59.2 Å². The predicted molar refractivity (Wildman–Crippen MR) is 114 cm³/mol. The summed E-state index contributed by atoms with van der Waals surface area (Å²) in [4.78, 5) is 46.7. The first-order valence-electron chi connectivity index (χ1n) is 9.29. The molecule has 4 N–H and O–H groups in total.